The molecule has 17 heavy (non-hydrogen) atoms. The Bertz CT molecular complexity index is 294. The van der Waals surface area contributed by atoms with Crippen molar-refractivity contribution in [2.75, 3.05) is 0 Å². The van der Waals surface area contributed by atoms with E-state index >= 15 is 0 Å². The largest absolute Gasteiger partial charge is 0.461 e. The fourth-order valence-electron chi connectivity index (χ4n) is 1.75. The van der Waals surface area contributed by atoms with Crippen LogP contribution in [0.25, 0.3) is 0 Å². The Morgan fingerprint density at radius 1 is 1.41 bits per heavy atom. The summed E-state index contributed by atoms with van der Waals surface area (Å²) >= 11 is 0. The quantitative estimate of drug-likeness (QED) is 0.573. The summed E-state index contributed by atoms with van der Waals surface area (Å²) in [6, 6.07) is 0. The van der Waals surface area contributed by atoms with Crippen LogP contribution in [0.5, 0.6) is 0 Å². The van der Waals surface area contributed by atoms with Crippen LogP contribution in [0.3, 0.4) is 0 Å². The fourth-order valence-corrected chi connectivity index (χ4v) is 3.20. The van der Waals surface area contributed by atoms with Gasteiger partial charge in [0.15, 0.2) is 8.32 Å². The number of cyclic esters (lactones) is 1. The first-order chi connectivity index (χ1) is 7.54. The van der Waals surface area contributed by atoms with Gasteiger partial charge in [0.05, 0.1) is 5.92 Å². The fraction of sp³-hybridized carbons (Fsp3) is 0.923. The highest BCUT2D eigenvalue weighted by Crippen LogP contribution is 2.38. The zero-order valence-corrected chi connectivity index (χ0v) is 13.2. The molecule has 0 radical (unpaired) electrons. The summed E-state index contributed by atoms with van der Waals surface area (Å²) in [5, 5.41) is 0.225. The second-order valence-electron chi connectivity index (χ2n) is 6.69. The number of carbonyl (C=O) groups excluding carboxylic acids is 1. The van der Waals surface area contributed by atoms with Crippen molar-refractivity contribution >= 4 is 14.3 Å². The predicted octanol–water partition coefficient (Wildman–Crippen LogP) is 3.35. The third kappa shape index (κ3) is 3.32. The van der Waals surface area contributed by atoms with Gasteiger partial charge in [-0.3, -0.25) is 4.79 Å². The molecule has 100 valence electrons. The van der Waals surface area contributed by atoms with Crippen LogP contribution in [0.2, 0.25) is 18.1 Å². The maximum absolute atomic E-state index is 11.0. The van der Waals surface area contributed by atoms with Crippen molar-refractivity contribution in [2.45, 2.75) is 71.4 Å². The van der Waals surface area contributed by atoms with E-state index in [4.69, 9.17) is 9.16 Å². The molecule has 0 aromatic heterocycles. The highest BCUT2D eigenvalue weighted by Gasteiger charge is 2.42. The van der Waals surface area contributed by atoms with Crippen LogP contribution in [0, 0.1) is 5.92 Å². The van der Waals surface area contributed by atoms with Crippen molar-refractivity contribution < 1.29 is 14.0 Å². The summed E-state index contributed by atoms with van der Waals surface area (Å²) in [5.41, 5.74) is 0. The van der Waals surface area contributed by atoms with E-state index < -0.39 is 8.32 Å². The SMILES string of the molecule is C[C@H](C[C@@H]1OC(=O)[C@@H]1C)O[Si](C)(C)C(C)(C)C. The van der Waals surface area contributed by atoms with Crippen LogP contribution < -0.4 is 0 Å². The first kappa shape index (κ1) is 14.7. The summed E-state index contributed by atoms with van der Waals surface area (Å²) in [4.78, 5) is 11.0. The number of hydrogen-bond donors (Lipinski definition) is 0. The molecule has 0 spiro atoms. The smallest absolute Gasteiger partial charge is 0.312 e. The normalized spacial score (nSPS) is 27.4. The Labute approximate surface area is 106 Å². The summed E-state index contributed by atoms with van der Waals surface area (Å²) in [6.07, 6.45) is 1.04. The van der Waals surface area contributed by atoms with E-state index in [0.29, 0.717) is 0 Å². The van der Waals surface area contributed by atoms with Crippen LogP contribution in [0.1, 0.15) is 41.0 Å². The lowest BCUT2D eigenvalue weighted by Crippen LogP contribution is -2.48. The molecule has 1 aliphatic rings. The molecule has 3 atom stereocenters. The molecule has 0 amide bonds. The Balaban J connectivity index is 2.45. The number of rotatable bonds is 4. The number of esters is 1. The van der Waals surface area contributed by atoms with Gasteiger partial charge in [0.2, 0.25) is 0 Å². The van der Waals surface area contributed by atoms with Crippen LogP contribution in [-0.4, -0.2) is 26.5 Å². The van der Waals surface area contributed by atoms with Crippen molar-refractivity contribution in [3.63, 3.8) is 0 Å². The molecule has 0 aromatic rings. The minimum atomic E-state index is -1.70. The number of ether oxygens (including phenoxy) is 1. The molecule has 4 heteroatoms. The molecule has 3 nitrogen and oxygen atoms in total. The lowest BCUT2D eigenvalue weighted by molar-refractivity contribution is -0.185. The molecule has 0 bridgehead atoms. The average molecular weight is 258 g/mol. The van der Waals surface area contributed by atoms with Crippen molar-refractivity contribution in [1.29, 1.82) is 0 Å². The standard InChI is InChI=1S/C13H26O3Si/c1-9(8-11-10(2)12(14)15-11)16-17(6,7)13(3,4)5/h9-11H,8H2,1-7H3/t9-,10-,11+/m1/s1. The second-order valence-corrected chi connectivity index (χ2v) is 11.4. The first-order valence-corrected chi connectivity index (χ1v) is 9.34. The molecule has 0 unspecified atom stereocenters. The molecule has 0 N–H and O–H groups in total. The highest BCUT2D eigenvalue weighted by atomic mass is 28.4. The van der Waals surface area contributed by atoms with Gasteiger partial charge in [0.25, 0.3) is 0 Å². The monoisotopic (exact) mass is 258 g/mol. The Kier molecular flexibility index (Phi) is 4.09. The zero-order valence-electron chi connectivity index (χ0n) is 12.2. The van der Waals surface area contributed by atoms with Gasteiger partial charge in [-0.15, -0.1) is 0 Å². The van der Waals surface area contributed by atoms with Gasteiger partial charge >= 0.3 is 5.97 Å². The molecular formula is C13H26O3Si. The van der Waals surface area contributed by atoms with Gasteiger partial charge < -0.3 is 9.16 Å². The van der Waals surface area contributed by atoms with E-state index in [1.807, 2.05) is 6.92 Å². The molecule has 0 saturated carbocycles. The minimum Gasteiger partial charge on any atom is -0.461 e. The first-order valence-electron chi connectivity index (χ1n) is 6.43. The molecule has 1 rings (SSSR count). The van der Waals surface area contributed by atoms with E-state index in [9.17, 15) is 4.79 Å². The number of carbonyl (C=O) groups is 1. The van der Waals surface area contributed by atoms with Crippen LogP contribution >= 0.6 is 0 Å². The molecule has 1 heterocycles. The molecule has 1 aliphatic heterocycles. The summed E-state index contributed by atoms with van der Waals surface area (Å²) in [6.45, 7) is 15.2. The lowest BCUT2D eigenvalue weighted by Gasteiger charge is -2.40. The Morgan fingerprint density at radius 3 is 2.29 bits per heavy atom. The highest BCUT2D eigenvalue weighted by molar-refractivity contribution is 6.74. The van der Waals surface area contributed by atoms with Gasteiger partial charge in [0, 0.05) is 12.5 Å². The van der Waals surface area contributed by atoms with Crippen molar-refractivity contribution in [3.8, 4) is 0 Å². The molecular weight excluding hydrogens is 232 g/mol. The van der Waals surface area contributed by atoms with E-state index in [1.165, 1.54) is 0 Å². The van der Waals surface area contributed by atoms with E-state index in [-0.39, 0.29) is 29.1 Å². The van der Waals surface area contributed by atoms with Crippen LogP contribution in [0.15, 0.2) is 0 Å². The predicted molar refractivity (Wildman–Crippen MR) is 71.4 cm³/mol. The number of hydrogen-bond acceptors (Lipinski definition) is 3. The van der Waals surface area contributed by atoms with Crippen molar-refractivity contribution in [2.24, 2.45) is 5.92 Å². The van der Waals surface area contributed by atoms with Crippen LogP contribution in [-0.2, 0) is 14.0 Å². The van der Waals surface area contributed by atoms with Crippen LogP contribution in [0.4, 0.5) is 0 Å². The molecule has 0 aromatic carbocycles. The molecule has 0 aliphatic carbocycles. The van der Waals surface area contributed by atoms with Gasteiger partial charge in [-0.25, -0.2) is 0 Å². The third-order valence-electron chi connectivity index (χ3n) is 4.06. The van der Waals surface area contributed by atoms with Crippen molar-refractivity contribution in [1.82, 2.24) is 0 Å². The molecule has 1 fully saturated rings. The minimum absolute atomic E-state index is 0.0421. The van der Waals surface area contributed by atoms with Gasteiger partial charge in [-0.05, 0) is 32.0 Å². The van der Waals surface area contributed by atoms with E-state index in [2.05, 4.69) is 40.8 Å². The van der Waals surface area contributed by atoms with E-state index in [0.717, 1.165) is 6.42 Å². The summed E-state index contributed by atoms with van der Waals surface area (Å²) in [7, 11) is -1.70. The average Bonchev–Trinajstić information content (AvgIpc) is 2.14. The van der Waals surface area contributed by atoms with Crippen molar-refractivity contribution in [3.05, 3.63) is 0 Å². The van der Waals surface area contributed by atoms with E-state index in [1.54, 1.807) is 0 Å². The third-order valence-corrected chi connectivity index (χ3v) is 8.67. The topological polar surface area (TPSA) is 35.5 Å². The lowest BCUT2D eigenvalue weighted by atomic mass is 9.95. The maximum atomic E-state index is 11.0. The molecule has 1 saturated heterocycles. The Hall–Kier alpha value is -0.353. The maximum Gasteiger partial charge on any atom is 0.312 e. The summed E-state index contributed by atoms with van der Waals surface area (Å²) in [5.74, 6) is -0.0324. The summed E-state index contributed by atoms with van der Waals surface area (Å²) < 4.78 is 11.4. The second kappa shape index (κ2) is 4.73. The Morgan fingerprint density at radius 2 is 1.94 bits per heavy atom. The van der Waals surface area contributed by atoms with Gasteiger partial charge in [-0.1, -0.05) is 20.8 Å². The van der Waals surface area contributed by atoms with Gasteiger partial charge in [-0.2, -0.15) is 0 Å². The van der Waals surface area contributed by atoms with Gasteiger partial charge in [0.1, 0.15) is 6.10 Å². The zero-order chi connectivity index (χ0) is 13.4.